The van der Waals surface area contributed by atoms with E-state index in [1.165, 1.54) is 0 Å². The molecular formula is C11H21NO3S. The van der Waals surface area contributed by atoms with Crippen LogP contribution < -0.4 is 5.32 Å². The summed E-state index contributed by atoms with van der Waals surface area (Å²) in [5.41, 5.74) is -0.539. The van der Waals surface area contributed by atoms with Gasteiger partial charge in [-0.2, -0.15) is 0 Å². The minimum atomic E-state index is -2.87. The zero-order valence-electron chi connectivity index (χ0n) is 10.2. The van der Waals surface area contributed by atoms with Crippen molar-refractivity contribution in [3.05, 3.63) is 0 Å². The Bertz CT molecular complexity index is 377. The van der Waals surface area contributed by atoms with Gasteiger partial charge >= 0.3 is 0 Å². The second kappa shape index (κ2) is 3.68. The van der Waals surface area contributed by atoms with Gasteiger partial charge in [0.25, 0.3) is 0 Å². The highest BCUT2D eigenvalue weighted by Crippen LogP contribution is 2.32. The highest BCUT2D eigenvalue weighted by molar-refractivity contribution is 7.92. The van der Waals surface area contributed by atoms with Crippen LogP contribution in [0.1, 0.15) is 40.0 Å². The number of hydrogen-bond donors (Lipinski definition) is 1. The molecule has 2 fully saturated rings. The van der Waals surface area contributed by atoms with E-state index in [1.54, 1.807) is 0 Å². The second-order valence-corrected chi connectivity index (χ2v) is 8.26. The van der Waals surface area contributed by atoms with Crippen LogP contribution in [0.25, 0.3) is 0 Å². The molecule has 4 nitrogen and oxygen atoms in total. The van der Waals surface area contributed by atoms with Gasteiger partial charge in [-0.05, 0) is 33.6 Å². The number of sulfone groups is 1. The van der Waals surface area contributed by atoms with Gasteiger partial charge < -0.3 is 4.74 Å². The summed E-state index contributed by atoms with van der Waals surface area (Å²) in [6.07, 6.45) is 2.15. The van der Waals surface area contributed by atoms with Crippen molar-refractivity contribution in [1.29, 1.82) is 0 Å². The topological polar surface area (TPSA) is 55.4 Å². The van der Waals surface area contributed by atoms with Crippen molar-refractivity contribution in [2.75, 3.05) is 12.4 Å². The lowest BCUT2D eigenvalue weighted by Gasteiger charge is -2.28. The van der Waals surface area contributed by atoms with Gasteiger partial charge in [0.1, 0.15) is 5.72 Å². The summed E-state index contributed by atoms with van der Waals surface area (Å²) in [5.74, 6) is 0.344. The second-order valence-electron chi connectivity index (χ2n) is 5.86. The van der Waals surface area contributed by atoms with Crippen molar-refractivity contribution in [2.24, 2.45) is 0 Å². The first kappa shape index (κ1) is 12.3. The summed E-state index contributed by atoms with van der Waals surface area (Å²) in [5, 5.41) is 3.16. The molecule has 0 aromatic heterocycles. The molecule has 0 amide bonds. The maximum absolute atomic E-state index is 11.8. The van der Waals surface area contributed by atoms with Gasteiger partial charge in [-0.1, -0.05) is 0 Å². The molecule has 2 saturated heterocycles. The van der Waals surface area contributed by atoms with E-state index in [2.05, 4.69) is 19.2 Å². The lowest BCUT2D eigenvalue weighted by Crippen LogP contribution is -2.48. The Balaban J connectivity index is 2.06. The fraction of sp³-hybridized carbons (Fsp3) is 1.00. The van der Waals surface area contributed by atoms with Crippen LogP contribution in [0.2, 0.25) is 0 Å². The highest BCUT2D eigenvalue weighted by atomic mass is 32.2. The summed E-state index contributed by atoms with van der Waals surface area (Å²) < 4.78 is 29.3. The van der Waals surface area contributed by atoms with Crippen molar-refractivity contribution in [3.63, 3.8) is 0 Å². The Morgan fingerprint density at radius 2 is 2.06 bits per heavy atom. The maximum atomic E-state index is 11.8. The molecule has 5 heteroatoms. The molecule has 2 heterocycles. The monoisotopic (exact) mass is 247 g/mol. The Labute approximate surface area is 97.7 Å². The van der Waals surface area contributed by atoms with Crippen LogP contribution in [-0.2, 0) is 14.6 Å². The van der Waals surface area contributed by atoms with E-state index < -0.39 is 15.6 Å². The van der Waals surface area contributed by atoms with E-state index in [0.29, 0.717) is 18.8 Å². The summed E-state index contributed by atoms with van der Waals surface area (Å²) in [6.45, 7) is 6.73. The largest absolute Gasteiger partial charge is 0.359 e. The molecule has 0 spiro atoms. The van der Waals surface area contributed by atoms with Gasteiger partial charge in [0.15, 0.2) is 9.84 Å². The molecule has 2 unspecified atom stereocenters. The van der Waals surface area contributed by atoms with E-state index in [9.17, 15) is 8.42 Å². The first-order chi connectivity index (χ1) is 7.23. The van der Waals surface area contributed by atoms with Crippen molar-refractivity contribution in [3.8, 4) is 0 Å². The smallest absolute Gasteiger partial charge is 0.153 e. The molecule has 0 bridgehead atoms. The summed E-state index contributed by atoms with van der Waals surface area (Å²) >= 11 is 0. The van der Waals surface area contributed by atoms with Gasteiger partial charge in [0, 0.05) is 12.0 Å². The average molecular weight is 247 g/mol. The van der Waals surface area contributed by atoms with Crippen LogP contribution in [0.4, 0.5) is 0 Å². The van der Waals surface area contributed by atoms with Gasteiger partial charge in [0.2, 0.25) is 0 Å². The van der Waals surface area contributed by atoms with Crippen LogP contribution in [-0.4, -0.2) is 37.3 Å². The zero-order valence-corrected chi connectivity index (χ0v) is 11.1. The molecule has 16 heavy (non-hydrogen) atoms. The molecule has 0 radical (unpaired) electrons. The minimum Gasteiger partial charge on any atom is -0.359 e. The highest BCUT2D eigenvalue weighted by Gasteiger charge is 2.44. The molecule has 0 aromatic carbocycles. The fourth-order valence-corrected chi connectivity index (χ4v) is 4.76. The molecule has 0 aromatic rings. The molecule has 94 valence electrons. The van der Waals surface area contributed by atoms with Crippen LogP contribution in [0, 0.1) is 0 Å². The van der Waals surface area contributed by atoms with Gasteiger partial charge in [0.05, 0.1) is 17.6 Å². The van der Waals surface area contributed by atoms with E-state index in [0.717, 1.165) is 12.8 Å². The van der Waals surface area contributed by atoms with Gasteiger partial charge in [-0.15, -0.1) is 0 Å². The van der Waals surface area contributed by atoms with Crippen LogP contribution in [0.3, 0.4) is 0 Å². The quantitative estimate of drug-likeness (QED) is 0.793. The maximum Gasteiger partial charge on any atom is 0.153 e. The molecule has 0 saturated carbocycles. The number of ether oxygens (including phenoxy) is 1. The van der Waals surface area contributed by atoms with Crippen molar-refractivity contribution in [1.82, 2.24) is 5.32 Å². The number of nitrogens with one attached hydrogen (secondary N) is 1. The predicted octanol–water partition coefficient (Wildman–Crippen LogP) is 1.07. The Morgan fingerprint density at radius 1 is 1.38 bits per heavy atom. The van der Waals surface area contributed by atoms with Crippen LogP contribution >= 0.6 is 0 Å². The minimum absolute atomic E-state index is 0.0584. The third-order valence-corrected chi connectivity index (χ3v) is 5.71. The number of rotatable bonds is 2. The lowest BCUT2D eigenvalue weighted by molar-refractivity contribution is -0.00146. The number of hydrogen-bond acceptors (Lipinski definition) is 4. The fourth-order valence-electron chi connectivity index (χ4n) is 2.76. The Kier molecular flexibility index (Phi) is 2.84. The third kappa shape index (κ3) is 2.41. The lowest BCUT2D eigenvalue weighted by atomic mass is 10.0. The van der Waals surface area contributed by atoms with Gasteiger partial charge in [-0.25, -0.2) is 8.42 Å². The average Bonchev–Trinajstić information content (AvgIpc) is 2.55. The summed E-state index contributed by atoms with van der Waals surface area (Å²) in [4.78, 5) is 0. The Morgan fingerprint density at radius 3 is 2.50 bits per heavy atom. The Hall–Kier alpha value is -0.130. The zero-order chi connectivity index (χ0) is 12.0. The molecule has 1 N–H and O–H groups in total. The molecule has 2 aliphatic rings. The van der Waals surface area contributed by atoms with E-state index in [-0.39, 0.29) is 10.8 Å². The summed E-state index contributed by atoms with van der Waals surface area (Å²) in [7, 11) is -2.87. The van der Waals surface area contributed by atoms with Crippen molar-refractivity contribution < 1.29 is 13.2 Å². The molecule has 2 atom stereocenters. The van der Waals surface area contributed by atoms with Gasteiger partial charge in [-0.3, -0.25) is 5.32 Å². The predicted molar refractivity (Wildman–Crippen MR) is 63.0 cm³/mol. The first-order valence-electron chi connectivity index (χ1n) is 5.87. The van der Waals surface area contributed by atoms with Crippen molar-refractivity contribution in [2.45, 2.75) is 56.5 Å². The van der Waals surface area contributed by atoms with E-state index in [1.807, 2.05) is 6.92 Å². The molecular weight excluding hydrogens is 226 g/mol. The molecule has 2 aliphatic heterocycles. The SMILES string of the molecule is CC1(C)COC(C)(CC2CCCS2(=O)=O)N1. The van der Waals surface area contributed by atoms with Crippen molar-refractivity contribution >= 4 is 9.84 Å². The van der Waals surface area contributed by atoms with Crippen LogP contribution in [0.15, 0.2) is 0 Å². The third-order valence-electron chi connectivity index (χ3n) is 3.43. The van der Waals surface area contributed by atoms with Crippen LogP contribution in [0.5, 0.6) is 0 Å². The normalized spacial score (nSPS) is 41.3. The van der Waals surface area contributed by atoms with E-state index in [4.69, 9.17) is 4.74 Å². The first-order valence-corrected chi connectivity index (χ1v) is 7.59. The van der Waals surface area contributed by atoms with E-state index >= 15 is 0 Å². The molecule has 0 aliphatic carbocycles. The summed E-state index contributed by atoms with van der Waals surface area (Å²) in [6, 6.07) is 0. The standard InChI is InChI=1S/C11H21NO3S/c1-10(2)8-15-11(3,12-10)7-9-5-4-6-16(9,13)14/h9,12H,4-8H2,1-3H3. The molecule has 2 rings (SSSR count).